The maximum absolute atomic E-state index is 12.4. The zero-order chi connectivity index (χ0) is 18.5. The number of furan rings is 1. The molecule has 3 rings (SSSR count). The van der Waals surface area contributed by atoms with E-state index in [9.17, 15) is 4.79 Å². The van der Waals surface area contributed by atoms with E-state index in [-0.39, 0.29) is 5.78 Å². The van der Waals surface area contributed by atoms with Crippen molar-refractivity contribution in [1.82, 2.24) is 0 Å². The Labute approximate surface area is 153 Å². The van der Waals surface area contributed by atoms with Gasteiger partial charge in [0.1, 0.15) is 5.58 Å². The summed E-state index contributed by atoms with van der Waals surface area (Å²) in [5, 5.41) is 0.915. The van der Waals surface area contributed by atoms with Gasteiger partial charge in [0.15, 0.2) is 17.3 Å². The molecule has 0 aliphatic heterocycles. The Morgan fingerprint density at radius 2 is 1.92 bits per heavy atom. The molecule has 26 heavy (non-hydrogen) atoms. The number of rotatable bonds is 7. The van der Waals surface area contributed by atoms with Crippen molar-refractivity contribution < 1.29 is 18.7 Å². The first-order valence-electron chi connectivity index (χ1n) is 8.58. The summed E-state index contributed by atoms with van der Waals surface area (Å²) in [7, 11) is 1.61. The lowest BCUT2D eigenvalue weighted by Crippen LogP contribution is -2.05. The Bertz CT molecular complexity index is 901. The minimum atomic E-state index is -0.179. The summed E-state index contributed by atoms with van der Waals surface area (Å²) in [6, 6.07) is 14.9. The van der Waals surface area contributed by atoms with Gasteiger partial charge in [0.2, 0.25) is 5.78 Å². The molecule has 3 aromatic rings. The van der Waals surface area contributed by atoms with Crippen molar-refractivity contribution in [2.75, 3.05) is 13.7 Å². The fourth-order valence-corrected chi connectivity index (χ4v) is 2.52. The van der Waals surface area contributed by atoms with Crippen LogP contribution in [0.4, 0.5) is 0 Å². The van der Waals surface area contributed by atoms with Crippen molar-refractivity contribution in [1.29, 1.82) is 0 Å². The van der Waals surface area contributed by atoms with Gasteiger partial charge in [-0.1, -0.05) is 44.2 Å². The number of methoxy groups -OCH3 is 1. The molecule has 0 unspecified atom stereocenters. The monoisotopic (exact) mass is 350 g/mol. The van der Waals surface area contributed by atoms with Crippen molar-refractivity contribution in [3.05, 3.63) is 65.9 Å². The number of hydrogen-bond donors (Lipinski definition) is 0. The van der Waals surface area contributed by atoms with Gasteiger partial charge in [-0.25, -0.2) is 0 Å². The van der Waals surface area contributed by atoms with Gasteiger partial charge in [0.05, 0.1) is 13.7 Å². The van der Waals surface area contributed by atoms with Gasteiger partial charge in [-0.2, -0.15) is 0 Å². The molecule has 0 radical (unpaired) electrons. The highest BCUT2D eigenvalue weighted by molar-refractivity contribution is 6.06. The van der Waals surface area contributed by atoms with Gasteiger partial charge in [0, 0.05) is 5.39 Å². The first-order chi connectivity index (χ1) is 12.6. The van der Waals surface area contributed by atoms with Crippen LogP contribution in [0.25, 0.3) is 17.0 Å². The van der Waals surface area contributed by atoms with Crippen LogP contribution >= 0.6 is 0 Å². The van der Waals surface area contributed by atoms with Gasteiger partial charge >= 0.3 is 0 Å². The summed E-state index contributed by atoms with van der Waals surface area (Å²) in [6.45, 7) is 4.77. The lowest BCUT2D eigenvalue weighted by atomic mass is 10.1. The first-order valence-corrected chi connectivity index (χ1v) is 8.58. The molecule has 0 atom stereocenters. The molecular weight excluding hydrogens is 328 g/mol. The predicted octanol–water partition coefficient (Wildman–Crippen LogP) is 5.37. The largest absolute Gasteiger partial charge is 0.493 e. The number of allylic oxidation sites excluding steroid dienone is 1. The highest BCUT2D eigenvalue weighted by Gasteiger charge is 2.10. The van der Waals surface area contributed by atoms with Crippen LogP contribution in [0.5, 0.6) is 11.5 Å². The molecular formula is C22H22O4. The quantitative estimate of drug-likeness (QED) is 0.424. The van der Waals surface area contributed by atoms with Crippen LogP contribution < -0.4 is 9.47 Å². The van der Waals surface area contributed by atoms with Gasteiger partial charge in [-0.15, -0.1) is 0 Å². The van der Waals surface area contributed by atoms with E-state index < -0.39 is 0 Å². The number of ketones is 1. The van der Waals surface area contributed by atoms with Gasteiger partial charge in [-0.3, -0.25) is 4.79 Å². The van der Waals surface area contributed by atoms with Crippen molar-refractivity contribution in [3.8, 4) is 11.5 Å². The number of benzene rings is 2. The van der Waals surface area contributed by atoms with Crippen molar-refractivity contribution in [2.45, 2.75) is 13.8 Å². The van der Waals surface area contributed by atoms with Crippen molar-refractivity contribution in [3.63, 3.8) is 0 Å². The number of para-hydroxylation sites is 1. The van der Waals surface area contributed by atoms with Crippen molar-refractivity contribution in [2.24, 2.45) is 5.92 Å². The predicted molar refractivity (Wildman–Crippen MR) is 103 cm³/mol. The van der Waals surface area contributed by atoms with E-state index in [2.05, 4.69) is 13.8 Å². The van der Waals surface area contributed by atoms with E-state index in [1.165, 1.54) is 6.08 Å². The number of ether oxygens (including phenoxy) is 2. The molecule has 0 spiro atoms. The molecule has 0 N–H and O–H groups in total. The van der Waals surface area contributed by atoms with Gasteiger partial charge < -0.3 is 13.9 Å². The summed E-state index contributed by atoms with van der Waals surface area (Å²) in [4.78, 5) is 12.4. The number of carbonyl (C=O) groups is 1. The van der Waals surface area contributed by atoms with Crippen LogP contribution in [0.1, 0.15) is 30.0 Å². The molecule has 0 saturated heterocycles. The van der Waals surface area contributed by atoms with E-state index in [0.717, 1.165) is 10.9 Å². The Kier molecular flexibility index (Phi) is 5.42. The standard InChI is InChI=1S/C22H22O4/c1-15(2)14-25-22-12-16(9-11-20(22)24-3)8-10-18(23)21-13-17-6-4-5-7-19(17)26-21/h4-13,15H,14H2,1-3H3/b10-8+. The number of hydrogen-bond acceptors (Lipinski definition) is 4. The van der Waals surface area contributed by atoms with Crippen LogP contribution in [0.3, 0.4) is 0 Å². The minimum absolute atomic E-state index is 0.179. The third kappa shape index (κ3) is 4.14. The summed E-state index contributed by atoms with van der Waals surface area (Å²) in [6.07, 6.45) is 3.25. The van der Waals surface area contributed by atoms with Gasteiger partial charge in [-0.05, 0) is 41.8 Å². The molecule has 4 heteroatoms. The molecule has 0 aliphatic rings. The fourth-order valence-electron chi connectivity index (χ4n) is 2.52. The fraction of sp³-hybridized carbons (Fsp3) is 0.227. The van der Waals surface area contributed by atoms with Crippen LogP contribution in [-0.4, -0.2) is 19.5 Å². The van der Waals surface area contributed by atoms with Crippen LogP contribution in [0.15, 0.2) is 59.0 Å². The van der Waals surface area contributed by atoms with E-state index in [1.54, 1.807) is 19.3 Å². The van der Waals surface area contributed by atoms with E-state index in [4.69, 9.17) is 13.9 Å². The number of carbonyl (C=O) groups excluding carboxylic acids is 1. The lowest BCUT2D eigenvalue weighted by Gasteiger charge is -2.12. The smallest absolute Gasteiger partial charge is 0.221 e. The molecule has 1 heterocycles. The second kappa shape index (κ2) is 7.91. The number of fused-ring (bicyclic) bond motifs is 1. The van der Waals surface area contributed by atoms with Gasteiger partial charge in [0.25, 0.3) is 0 Å². The molecule has 1 aromatic heterocycles. The highest BCUT2D eigenvalue weighted by Crippen LogP contribution is 2.29. The molecule has 134 valence electrons. The third-order valence-corrected chi connectivity index (χ3v) is 3.86. The molecule has 2 aromatic carbocycles. The van der Waals surface area contributed by atoms with E-state index in [0.29, 0.717) is 35.4 Å². The van der Waals surface area contributed by atoms with E-state index in [1.807, 2.05) is 42.5 Å². The van der Waals surface area contributed by atoms with Crippen LogP contribution in [-0.2, 0) is 0 Å². The molecule has 0 amide bonds. The lowest BCUT2D eigenvalue weighted by molar-refractivity contribution is 0.102. The summed E-state index contributed by atoms with van der Waals surface area (Å²) < 4.78 is 16.7. The zero-order valence-corrected chi connectivity index (χ0v) is 15.2. The SMILES string of the molecule is COc1ccc(/C=C/C(=O)c2cc3ccccc3o2)cc1OCC(C)C. The molecule has 0 saturated carbocycles. The highest BCUT2D eigenvalue weighted by atomic mass is 16.5. The Balaban J connectivity index is 1.78. The van der Waals surface area contributed by atoms with Crippen LogP contribution in [0.2, 0.25) is 0 Å². The summed E-state index contributed by atoms with van der Waals surface area (Å²) in [5.41, 5.74) is 1.56. The first kappa shape index (κ1) is 17.8. The maximum Gasteiger partial charge on any atom is 0.221 e. The Morgan fingerprint density at radius 1 is 1.12 bits per heavy atom. The Morgan fingerprint density at radius 3 is 2.65 bits per heavy atom. The molecule has 4 nitrogen and oxygen atoms in total. The Hall–Kier alpha value is -3.01. The van der Waals surface area contributed by atoms with E-state index >= 15 is 0 Å². The van der Waals surface area contributed by atoms with Crippen LogP contribution in [0, 0.1) is 5.92 Å². The zero-order valence-electron chi connectivity index (χ0n) is 15.2. The molecule has 0 aliphatic carbocycles. The average molecular weight is 350 g/mol. The molecule has 0 bridgehead atoms. The second-order valence-corrected chi connectivity index (χ2v) is 6.46. The topological polar surface area (TPSA) is 48.7 Å². The summed E-state index contributed by atoms with van der Waals surface area (Å²) in [5.74, 6) is 1.90. The normalized spacial score (nSPS) is 11.4. The third-order valence-electron chi connectivity index (χ3n) is 3.86. The average Bonchev–Trinajstić information content (AvgIpc) is 3.08. The second-order valence-electron chi connectivity index (χ2n) is 6.46. The maximum atomic E-state index is 12.4. The molecule has 0 fully saturated rings. The minimum Gasteiger partial charge on any atom is -0.493 e. The summed E-state index contributed by atoms with van der Waals surface area (Å²) >= 11 is 0. The van der Waals surface area contributed by atoms with Crippen molar-refractivity contribution >= 4 is 22.8 Å².